The SMILES string of the molecule is C=CCC1c2ccccc2-c2cccc(C3=CCC=C3)c21. The number of allylic oxidation sites excluding steroid dienone is 5. The Labute approximate surface area is 126 Å². The van der Waals surface area contributed by atoms with Gasteiger partial charge in [0.1, 0.15) is 0 Å². The molecule has 0 N–H and O–H groups in total. The van der Waals surface area contributed by atoms with E-state index in [1.165, 1.54) is 33.4 Å². The molecule has 2 aromatic carbocycles. The Kier molecular flexibility index (Phi) is 2.89. The van der Waals surface area contributed by atoms with Crippen molar-refractivity contribution in [1.82, 2.24) is 0 Å². The second-order valence-corrected chi connectivity index (χ2v) is 5.73. The molecule has 0 aromatic heterocycles. The third kappa shape index (κ3) is 1.83. The number of benzene rings is 2. The van der Waals surface area contributed by atoms with E-state index >= 15 is 0 Å². The summed E-state index contributed by atoms with van der Waals surface area (Å²) in [5.74, 6) is 0.444. The summed E-state index contributed by atoms with van der Waals surface area (Å²) in [6.07, 6.45) is 10.9. The van der Waals surface area contributed by atoms with Crippen LogP contribution < -0.4 is 0 Å². The molecule has 4 rings (SSSR count). The summed E-state index contributed by atoms with van der Waals surface area (Å²) in [5.41, 5.74) is 8.48. The molecule has 0 radical (unpaired) electrons. The van der Waals surface area contributed by atoms with Crippen molar-refractivity contribution in [3.63, 3.8) is 0 Å². The first kappa shape index (κ1) is 12.4. The second kappa shape index (κ2) is 4.89. The van der Waals surface area contributed by atoms with E-state index in [1.54, 1.807) is 0 Å². The average molecular weight is 270 g/mol. The van der Waals surface area contributed by atoms with Gasteiger partial charge in [-0.05, 0) is 46.2 Å². The van der Waals surface area contributed by atoms with Gasteiger partial charge in [-0.3, -0.25) is 0 Å². The fraction of sp³-hybridized carbons (Fsp3) is 0.143. The highest BCUT2D eigenvalue weighted by atomic mass is 14.3. The molecule has 2 aliphatic rings. The summed E-state index contributed by atoms with van der Waals surface area (Å²) in [6.45, 7) is 3.97. The predicted octanol–water partition coefficient (Wildman–Crippen LogP) is 5.72. The van der Waals surface area contributed by atoms with E-state index < -0.39 is 0 Å². The summed E-state index contributed by atoms with van der Waals surface area (Å²) < 4.78 is 0. The highest BCUT2D eigenvalue weighted by Crippen LogP contribution is 2.49. The van der Waals surface area contributed by atoms with Crippen LogP contribution in [-0.2, 0) is 0 Å². The van der Waals surface area contributed by atoms with Gasteiger partial charge in [-0.25, -0.2) is 0 Å². The molecule has 102 valence electrons. The van der Waals surface area contributed by atoms with E-state index in [-0.39, 0.29) is 0 Å². The Morgan fingerprint density at radius 2 is 1.81 bits per heavy atom. The third-order valence-electron chi connectivity index (χ3n) is 4.57. The monoisotopic (exact) mass is 270 g/mol. The van der Waals surface area contributed by atoms with E-state index in [0.29, 0.717) is 5.92 Å². The van der Waals surface area contributed by atoms with Crippen molar-refractivity contribution < 1.29 is 0 Å². The molecule has 21 heavy (non-hydrogen) atoms. The van der Waals surface area contributed by atoms with Gasteiger partial charge in [-0.2, -0.15) is 0 Å². The molecule has 1 atom stereocenters. The van der Waals surface area contributed by atoms with Crippen LogP contribution >= 0.6 is 0 Å². The fourth-order valence-electron chi connectivity index (χ4n) is 3.70. The van der Waals surface area contributed by atoms with Crippen LogP contribution in [-0.4, -0.2) is 0 Å². The highest BCUT2D eigenvalue weighted by Gasteiger charge is 2.30. The topological polar surface area (TPSA) is 0 Å². The number of rotatable bonds is 3. The van der Waals surface area contributed by atoms with Gasteiger partial charge in [-0.15, -0.1) is 6.58 Å². The van der Waals surface area contributed by atoms with E-state index in [9.17, 15) is 0 Å². The first-order chi connectivity index (χ1) is 10.4. The zero-order chi connectivity index (χ0) is 14.2. The van der Waals surface area contributed by atoms with Crippen molar-refractivity contribution in [2.75, 3.05) is 0 Å². The minimum Gasteiger partial charge on any atom is -0.103 e. The van der Waals surface area contributed by atoms with Crippen molar-refractivity contribution in [2.24, 2.45) is 0 Å². The van der Waals surface area contributed by atoms with E-state index in [0.717, 1.165) is 12.8 Å². The van der Waals surface area contributed by atoms with Crippen molar-refractivity contribution in [3.05, 3.63) is 90.0 Å². The molecular weight excluding hydrogens is 252 g/mol. The summed E-state index contributed by atoms with van der Waals surface area (Å²) in [7, 11) is 0. The zero-order valence-electron chi connectivity index (χ0n) is 12.0. The van der Waals surface area contributed by atoms with Crippen molar-refractivity contribution in [2.45, 2.75) is 18.8 Å². The van der Waals surface area contributed by atoms with E-state index in [2.05, 4.69) is 67.3 Å². The number of fused-ring (bicyclic) bond motifs is 3. The van der Waals surface area contributed by atoms with Gasteiger partial charge in [0, 0.05) is 5.92 Å². The van der Waals surface area contributed by atoms with Crippen LogP contribution in [0.3, 0.4) is 0 Å². The standard InChI is InChI=1S/C21H18/c1-2-8-19-17-11-5-6-12-18(17)20-14-7-13-16(21(19)20)15-9-3-4-10-15/h2-3,5-7,9-14,19H,1,4,8H2. The maximum atomic E-state index is 3.97. The predicted molar refractivity (Wildman–Crippen MR) is 90.3 cm³/mol. The Hall–Kier alpha value is -2.34. The molecule has 0 saturated carbocycles. The van der Waals surface area contributed by atoms with Crippen LogP contribution in [0.25, 0.3) is 16.7 Å². The van der Waals surface area contributed by atoms with Crippen LogP contribution in [0.2, 0.25) is 0 Å². The van der Waals surface area contributed by atoms with Crippen molar-refractivity contribution >= 4 is 5.57 Å². The molecule has 0 heterocycles. The Morgan fingerprint density at radius 1 is 1.00 bits per heavy atom. The van der Waals surface area contributed by atoms with Gasteiger partial charge in [-0.1, -0.05) is 66.8 Å². The maximum absolute atomic E-state index is 3.97. The molecule has 0 fully saturated rings. The summed E-state index contributed by atoms with van der Waals surface area (Å²) >= 11 is 0. The van der Waals surface area contributed by atoms with Gasteiger partial charge in [0.25, 0.3) is 0 Å². The van der Waals surface area contributed by atoms with Gasteiger partial charge < -0.3 is 0 Å². The minimum absolute atomic E-state index is 0.444. The zero-order valence-corrected chi connectivity index (χ0v) is 12.0. The molecule has 0 bridgehead atoms. The minimum atomic E-state index is 0.444. The van der Waals surface area contributed by atoms with Crippen molar-refractivity contribution in [3.8, 4) is 11.1 Å². The molecule has 2 aliphatic carbocycles. The number of hydrogen-bond donors (Lipinski definition) is 0. The highest BCUT2D eigenvalue weighted by molar-refractivity contribution is 5.88. The smallest absolute Gasteiger partial charge is 0.0142 e. The number of hydrogen-bond acceptors (Lipinski definition) is 0. The quantitative estimate of drug-likeness (QED) is 0.626. The molecule has 0 nitrogen and oxygen atoms in total. The third-order valence-corrected chi connectivity index (χ3v) is 4.57. The van der Waals surface area contributed by atoms with Gasteiger partial charge in [0.15, 0.2) is 0 Å². The van der Waals surface area contributed by atoms with E-state index in [4.69, 9.17) is 0 Å². The fourth-order valence-corrected chi connectivity index (χ4v) is 3.70. The van der Waals surface area contributed by atoms with Gasteiger partial charge in [0.2, 0.25) is 0 Å². The van der Waals surface area contributed by atoms with Gasteiger partial charge in [0.05, 0.1) is 0 Å². The van der Waals surface area contributed by atoms with Crippen LogP contribution in [0.5, 0.6) is 0 Å². The first-order valence-corrected chi connectivity index (χ1v) is 7.60. The molecule has 0 saturated heterocycles. The van der Waals surface area contributed by atoms with Crippen LogP contribution in [0.15, 0.2) is 73.3 Å². The van der Waals surface area contributed by atoms with E-state index in [1.807, 2.05) is 6.08 Å². The molecule has 0 aliphatic heterocycles. The van der Waals surface area contributed by atoms with Gasteiger partial charge >= 0.3 is 0 Å². The summed E-state index contributed by atoms with van der Waals surface area (Å²) in [4.78, 5) is 0. The lowest BCUT2D eigenvalue weighted by Crippen LogP contribution is -1.99. The second-order valence-electron chi connectivity index (χ2n) is 5.73. The normalized spacial score (nSPS) is 18.3. The Balaban J connectivity index is 1.98. The van der Waals surface area contributed by atoms with Crippen LogP contribution in [0.1, 0.15) is 35.4 Å². The molecular formula is C21H18. The Morgan fingerprint density at radius 3 is 2.62 bits per heavy atom. The lowest BCUT2D eigenvalue weighted by Gasteiger charge is -2.16. The lowest BCUT2D eigenvalue weighted by molar-refractivity contribution is 0.853. The molecule has 1 unspecified atom stereocenters. The largest absolute Gasteiger partial charge is 0.103 e. The summed E-state index contributed by atoms with van der Waals surface area (Å²) in [6, 6.07) is 15.5. The molecule has 0 amide bonds. The Bertz CT molecular complexity index is 774. The van der Waals surface area contributed by atoms with Crippen LogP contribution in [0, 0.1) is 0 Å². The molecule has 0 heteroatoms. The average Bonchev–Trinajstić information content (AvgIpc) is 3.15. The van der Waals surface area contributed by atoms with Crippen LogP contribution in [0.4, 0.5) is 0 Å². The molecule has 2 aromatic rings. The van der Waals surface area contributed by atoms with Crippen molar-refractivity contribution in [1.29, 1.82) is 0 Å². The maximum Gasteiger partial charge on any atom is 0.0142 e. The lowest BCUT2D eigenvalue weighted by atomic mass is 9.88. The first-order valence-electron chi connectivity index (χ1n) is 7.60. The summed E-state index contributed by atoms with van der Waals surface area (Å²) in [5, 5.41) is 0. The molecule has 0 spiro atoms.